The number of carbonyl (C=O) groups excluding carboxylic acids is 1. The molecular weight excluding hydrogens is 318 g/mol. The molecule has 25 heavy (non-hydrogen) atoms. The zero-order chi connectivity index (χ0) is 17.8. The molecule has 6 heteroatoms. The van der Waals surface area contributed by atoms with Gasteiger partial charge in [-0.2, -0.15) is 0 Å². The number of nitrogens with two attached hydrogens (primary N) is 1. The van der Waals surface area contributed by atoms with Crippen molar-refractivity contribution in [1.29, 1.82) is 0 Å². The molecule has 1 atom stereocenters. The molecule has 132 valence electrons. The van der Waals surface area contributed by atoms with Crippen molar-refractivity contribution in [3.8, 4) is 0 Å². The summed E-state index contributed by atoms with van der Waals surface area (Å²) in [6.45, 7) is 4.08. The van der Waals surface area contributed by atoms with Gasteiger partial charge in [-0.3, -0.25) is 0 Å². The van der Waals surface area contributed by atoms with Gasteiger partial charge in [0.05, 0.1) is 12.6 Å². The summed E-state index contributed by atoms with van der Waals surface area (Å²) in [6, 6.07) is 7.62. The third-order valence-electron chi connectivity index (χ3n) is 4.09. The van der Waals surface area contributed by atoms with Gasteiger partial charge in [0.25, 0.3) is 0 Å². The van der Waals surface area contributed by atoms with E-state index in [2.05, 4.69) is 16.0 Å². The van der Waals surface area contributed by atoms with Gasteiger partial charge in [-0.1, -0.05) is 25.1 Å². The molecule has 3 rings (SSSR count). The normalized spacial score (nSPS) is 12.4. The lowest BCUT2D eigenvalue weighted by atomic mass is 10.1. The van der Waals surface area contributed by atoms with Crippen molar-refractivity contribution in [3.05, 3.63) is 53.4 Å². The van der Waals surface area contributed by atoms with Crippen molar-refractivity contribution in [2.75, 3.05) is 6.61 Å². The maximum Gasteiger partial charge on any atom is 0.360 e. The van der Waals surface area contributed by atoms with Gasteiger partial charge in [-0.25, -0.2) is 9.78 Å². The second-order valence-electron chi connectivity index (χ2n) is 5.96. The highest BCUT2D eigenvalue weighted by molar-refractivity contribution is 5.88. The summed E-state index contributed by atoms with van der Waals surface area (Å²) in [5, 5.41) is 1.13. The number of hydrogen-bond acceptors (Lipinski definition) is 5. The monoisotopic (exact) mass is 341 g/mol. The Morgan fingerprint density at radius 1 is 1.36 bits per heavy atom. The number of rotatable bonds is 7. The second kappa shape index (κ2) is 7.53. The summed E-state index contributed by atoms with van der Waals surface area (Å²) in [6.07, 6.45) is 3.99. The average Bonchev–Trinajstić information content (AvgIpc) is 3.20. The maximum atomic E-state index is 12.1. The molecule has 0 aliphatic heterocycles. The van der Waals surface area contributed by atoms with Gasteiger partial charge in [0.2, 0.25) is 5.89 Å². The van der Waals surface area contributed by atoms with Crippen LogP contribution in [-0.4, -0.2) is 22.5 Å². The van der Waals surface area contributed by atoms with Gasteiger partial charge in [0.15, 0.2) is 5.69 Å². The summed E-state index contributed by atoms with van der Waals surface area (Å²) in [5.41, 5.74) is 8.71. The van der Waals surface area contributed by atoms with Crippen molar-refractivity contribution >= 4 is 16.9 Å². The molecule has 0 aliphatic carbocycles. The number of ether oxygens (including phenoxy) is 1. The fraction of sp³-hybridized carbons (Fsp3) is 0.368. The molecule has 0 saturated carbocycles. The molecule has 2 heterocycles. The molecule has 1 aromatic carbocycles. The topological polar surface area (TPSA) is 94.1 Å². The second-order valence-corrected chi connectivity index (χ2v) is 5.96. The van der Waals surface area contributed by atoms with E-state index in [0.29, 0.717) is 31.1 Å². The van der Waals surface area contributed by atoms with E-state index in [9.17, 15) is 4.79 Å². The van der Waals surface area contributed by atoms with E-state index in [1.807, 2.05) is 31.3 Å². The number of nitrogens with one attached hydrogen (secondary N) is 1. The van der Waals surface area contributed by atoms with Crippen LogP contribution in [0.3, 0.4) is 0 Å². The van der Waals surface area contributed by atoms with Crippen LogP contribution >= 0.6 is 0 Å². The van der Waals surface area contributed by atoms with Crippen LogP contribution in [0.4, 0.5) is 0 Å². The van der Waals surface area contributed by atoms with Crippen LogP contribution < -0.4 is 5.73 Å². The average molecular weight is 341 g/mol. The first kappa shape index (κ1) is 17.2. The van der Waals surface area contributed by atoms with Gasteiger partial charge < -0.3 is 19.9 Å². The fourth-order valence-electron chi connectivity index (χ4n) is 2.91. The third kappa shape index (κ3) is 3.58. The number of oxazole rings is 1. The number of hydrogen-bond donors (Lipinski definition) is 2. The molecule has 0 unspecified atom stereocenters. The Morgan fingerprint density at radius 3 is 2.92 bits per heavy atom. The molecule has 0 aliphatic rings. The van der Waals surface area contributed by atoms with Crippen LogP contribution in [0.25, 0.3) is 10.9 Å². The first-order valence-corrected chi connectivity index (χ1v) is 8.61. The third-order valence-corrected chi connectivity index (χ3v) is 4.09. The molecule has 0 bridgehead atoms. The highest BCUT2D eigenvalue weighted by Gasteiger charge is 2.24. The predicted molar refractivity (Wildman–Crippen MR) is 95.4 cm³/mol. The van der Waals surface area contributed by atoms with E-state index in [1.165, 1.54) is 0 Å². The van der Waals surface area contributed by atoms with Gasteiger partial charge in [0.1, 0.15) is 5.76 Å². The minimum atomic E-state index is -0.458. The Labute approximate surface area is 146 Å². The summed E-state index contributed by atoms with van der Waals surface area (Å²) in [7, 11) is 0. The number of benzene rings is 1. The number of para-hydroxylation sites is 1. The van der Waals surface area contributed by atoms with Crippen LogP contribution in [0.5, 0.6) is 0 Å². The van der Waals surface area contributed by atoms with E-state index in [1.54, 1.807) is 6.92 Å². The highest BCUT2D eigenvalue weighted by atomic mass is 16.5. The minimum Gasteiger partial charge on any atom is -0.461 e. The van der Waals surface area contributed by atoms with Gasteiger partial charge in [-0.15, -0.1) is 0 Å². The van der Waals surface area contributed by atoms with E-state index < -0.39 is 12.0 Å². The Morgan fingerprint density at radius 2 is 2.16 bits per heavy atom. The number of fused-ring (bicyclic) bond motifs is 1. The first-order chi connectivity index (χ1) is 12.1. The Bertz CT molecular complexity index is 866. The van der Waals surface area contributed by atoms with Crippen LogP contribution in [-0.2, 0) is 17.6 Å². The molecular formula is C19H23N3O3. The lowest BCUT2D eigenvalue weighted by Gasteiger charge is -2.06. The minimum absolute atomic E-state index is 0.244. The molecule has 3 N–H and O–H groups in total. The number of carbonyl (C=O) groups is 1. The molecule has 0 radical (unpaired) electrons. The highest BCUT2D eigenvalue weighted by Crippen LogP contribution is 2.25. The van der Waals surface area contributed by atoms with Crippen molar-refractivity contribution in [2.24, 2.45) is 5.73 Å². The Hall–Kier alpha value is -2.60. The Balaban J connectivity index is 1.85. The number of esters is 1. The van der Waals surface area contributed by atoms with Crippen molar-refractivity contribution in [3.63, 3.8) is 0 Å². The standard InChI is InChI=1S/C19H23N3O3/c1-3-7-16-17(19(23)24-4-2)22-18(25-16)14(20)10-12-11-21-15-9-6-5-8-13(12)15/h5-6,8-9,11,14,21H,3-4,7,10,20H2,1-2H3/t14-/m1/s1. The molecule has 2 aromatic heterocycles. The fourth-order valence-corrected chi connectivity index (χ4v) is 2.91. The smallest absolute Gasteiger partial charge is 0.360 e. The zero-order valence-electron chi connectivity index (χ0n) is 14.5. The van der Waals surface area contributed by atoms with Crippen LogP contribution in [0.2, 0.25) is 0 Å². The van der Waals surface area contributed by atoms with E-state index >= 15 is 0 Å². The summed E-state index contributed by atoms with van der Waals surface area (Å²) in [4.78, 5) is 19.6. The lowest BCUT2D eigenvalue weighted by Crippen LogP contribution is -2.14. The van der Waals surface area contributed by atoms with Crippen molar-refractivity contribution in [2.45, 2.75) is 39.2 Å². The number of aromatic nitrogens is 2. The molecule has 3 aromatic rings. The van der Waals surface area contributed by atoms with Crippen LogP contribution in [0.15, 0.2) is 34.9 Å². The number of aromatic amines is 1. The number of H-pyrrole nitrogens is 1. The lowest BCUT2D eigenvalue weighted by molar-refractivity contribution is 0.0517. The summed E-state index contributed by atoms with van der Waals surface area (Å²) in [5.74, 6) is 0.461. The SMILES string of the molecule is CCCc1oc([C@H](N)Cc2c[nH]c3ccccc23)nc1C(=O)OCC. The largest absolute Gasteiger partial charge is 0.461 e. The predicted octanol–water partition coefficient (Wildman–Crippen LogP) is 3.53. The molecule has 6 nitrogen and oxygen atoms in total. The summed E-state index contributed by atoms with van der Waals surface area (Å²) >= 11 is 0. The van der Waals surface area contributed by atoms with E-state index in [-0.39, 0.29) is 5.69 Å². The molecule has 0 spiro atoms. The maximum absolute atomic E-state index is 12.1. The van der Waals surface area contributed by atoms with Crippen molar-refractivity contribution in [1.82, 2.24) is 9.97 Å². The van der Waals surface area contributed by atoms with Gasteiger partial charge in [0, 0.05) is 23.5 Å². The van der Waals surface area contributed by atoms with Crippen LogP contribution in [0.1, 0.15) is 54.0 Å². The molecule has 0 fully saturated rings. The zero-order valence-corrected chi connectivity index (χ0v) is 14.5. The van der Waals surface area contributed by atoms with Crippen LogP contribution in [0, 0.1) is 0 Å². The van der Waals surface area contributed by atoms with E-state index in [4.69, 9.17) is 14.9 Å². The number of nitrogens with zero attached hydrogens (tertiary/aromatic N) is 1. The first-order valence-electron chi connectivity index (χ1n) is 8.61. The molecule has 0 amide bonds. The summed E-state index contributed by atoms with van der Waals surface area (Å²) < 4.78 is 10.9. The van der Waals surface area contributed by atoms with Gasteiger partial charge in [-0.05, 0) is 31.4 Å². The number of aryl methyl sites for hydroxylation is 1. The molecule has 0 saturated heterocycles. The Kier molecular flexibility index (Phi) is 5.19. The van der Waals surface area contributed by atoms with Gasteiger partial charge >= 0.3 is 5.97 Å². The quantitative estimate of drug-likeness (QED) is 0.641. The van der Waals surface area contributed by atoms with E-state index in [0.717, 1.165) is 22.9 Å². The van der Waals surface area contributed by atoms with Crippen molar-refractivity contribution < 1.29 is 13.9 Å².